The van der Waals surface area contributed by atoms with Crippen LogP contribution in [-0.2, 0) is 6.42 Å². The maximum absolute atomic E-state index is 5.67. The summed E-state index contributed by atoms with van der Waals surface area (Å²) in [6.07, 6.45) is 11.8. The van der Waals surface area contributed by atoms with Gasteiger partial charge < -0.3 is 0 Å². The highest BCUT2D eigenvalue weighted by molar-refractivity contribution is 5.02. The van der Waals surface area contributed by atoms with E-state index in [4.69, 9.17) is 5.84 Å². The number of hydrogen-bond acceptors (Lipinski definition) is 3. The third kappa shape index (κ3) is 6.06. The normalized spacial score (nSPS) is 14.4. The average molecular weight is 280 g/mol. The summed E-state index contributed by atoms with van der Waals surface area (Å²) in [6, 6.07) is 2.94. The summed E-state index contributed by atoms with van der Waals surface area (Å²) in [5.74, 6) is 5.67. The minimum Gasteiger partial charge on any atom is -0.271 e. The van der Waals surface area contributed by atoms with E-state index in [0.717, 1.165) is 25.0 Å². The van der Waals surface area contributed by atoms with Crippen LogP contribution in [0.3, 0.4) is 0 Å². The molecule has 4 nitrogen and oxygen atoms in total. The van der Waals surface area contributed by atoms with Crippen molar-refractivity contribution in [1.29, 1.82) is 0 Å². The molecule has 2 atom stereocenters. The molecule has 1 heterocycles. The predicted molar refractivity (Wildman–Crippen MR) is 85.4 cm³/mol. The number of nitrogens with two attached hydrogens (primary N) is 1. The predicted octanol–water partition coefficient (Wildman–Crippen LogP) is 3.59. The minimum atomic E-state index is 0.344. The first-order valence-electron chi connectivity index (χ1n) is 8.21. The number of hydrogen-bond donors (Lipinski definition) is 2. The second kappa shape index (κ2) is 9.94. The topological polar surface area (TPSA) is 55.9 Å². The van der Waals surface area contributed by atoms with Gasteiger partial charge in [0.25, 0.3) is 0 Å². The molecule has 0 spiro atoms. The smallest absolute Gasteiger partial charge is 0.0640 e. The van der Waals surface area contributed by atoms with E-state index in [9.17, 15) is 0 Å². The number of unbranched alkanes of at least 4 members (excludes halogenated alkanes) is 4. The van der Waals surface area contributed by atoms with Gasteiger partial charge in [0, 0.05) is 24.7 Å². The minimum absolute atomic E-state index is 0.344. The summed E-state index contributed by atoms with van der Waals surface area (Å²) in [6.45, 7) is 6.63. The molecule has 4 heteroatoms. The van der Waals surface area contributed by atoms with Crippen LogP contribution in [0.4, 0.5) is 0 Å². The van der Waals surface area contributed by atoms with E-state index in [-0.39, 0.29) is 0 Å². The van der Waals surface area contributed by atoms with Gasteiger partial charge >= 0.3 is 0 Å². The van der Waals surface area contributed by atoms with Crippen LogP contribution in [-0.4, -0.2) is 15.8 Å². The molecule has 0 aromatic carbocycles. The molecule has 0 saturated heterocycles. The zero-order valence-corrected chi connectivity index (χ0v) is 13.4. The summed E-state index contributed by atoms with van der Waals surface area (Å²) >= 11 is 0. The summed E-state index contributed by atoms with van der Waals surface area (Å²) in [5, 5.41) is 4.65. The maximum Gasteiger partial charge on any atom is 0.0640 e. The Morgan fingerprint density at radius 2 is 2.00 bits per heavy atom. The second-order valence-electron chi connectivity index (χ2n) is 5.81. The fourth-order valence-corrected chi connectivity index (χ4v) is 2.41. The average Bonchev–Trinajstić information content (AvgIpc) is 2.93. The lowest BCUT2D eigenvalue weighted by Gasteiger charge is -2.14. The van der Waals surface area contributed by atoms with Gasteiger partial charge in [-0.2, -0.15) is 5.10 Å². The van der Waals surface area contributed by atoms with Crippen molar-refractivity contribution in [1.82, 2.24) is 15.2 Å². The molecule has 3 N–H and O–H groups in total. The molecular formula is C16H32N4. The van der Waals surface area contributed by atoms with Gasteiger partial charge in [-0.1, -0.05) is 46.0 Å². The Morgan fingerprint density at radius 1 is 1.25 bits per heavy atom. The summed E-state index contributed by atoms with van der Waals surface area (Å²) < 4.78 is 2.06. The monoisotopic (exact) mass is 280 g/mol. The largest absolute Gasteiger partial charge is 0.271 e. The number of nitrogens with zero attached hydrogens (tertiary/aromatic N) is 2. The fraction of sp³-hybridized carbons (Fsp3) is 0.812. The van der Waals surface area contributed by atoms with E-state index >= 15 is 0 Å². The SMILES string of the molecule is CCCCCCCC(Cc1ccn(C(C)CC)n1)NN. The van der Waals surface area contributed by atoms with Crippen molar-refractivity contribution in [3.63, 3.8) is 0 Å². The van der Waals surface area contributed by atoms with Crippen molar-refractivity contribution < 1.29 is 0 Å². The van der Waals surface area contributed by atoms with Crippen molar-refractivity contribution >= 4 is 0 Å². The molecule has 0 bridgehead atoms. The van der Waals surface area contributed by atoms with E-state index in [1.54, 1.807) is 0 Å². The zero-order valence-electron chi connectivity index (χ0n) is 13.4. The highest BCUT2D eigenvalue weighted by Crippen LogP contribution is 2.13. The number of nitrogens with one attached hydrogen (secondary N) is 1. The van der Waals surface area contributed by atoms with Gasteiger partial charge in [0.05, 0.1) is 5.69 Å². The molecule has 0 radical (unpaired) electrons. The van der Waals surface area contributed by atoms with Crippen LogP contribution >= 0.6 is 0 Å². The van der Waals surface area contributed by atoms with Gasteiger partial charge in [0.1, 0.15) is 0 Å². The van der Waals surface area contributed by atoms with Crippen LogP contribution in [0.2, 0.25) is 0 Å². The Morgan fingerprint density at radius 3 is 2.65 bits per heavy atom. The number of rotatable bonds is 11. The Balaban J connectivity index is 2.34. The standard InChI is InChI=1S/C16H32N4/c1-4-6-7-8-9-10-15(18-17)13-16-11-12-20(19-16)14(3)5-2/h11-12,14-15,18H,4-10,13,17H2,1-3H3. The van der Waals surface area contributed by atoms with E-state index in [2.05, 4.69) is 48.2 Å². The Hall–Kier alpha value is -0.870. The quantitative estimate of drug-likeness (QED) is 0.370. The van der Waals surface area contributed by atoms with Gasteiger partial charge in [0.2, 0.25) is 0 Å². The molecule has 20 heavy (non-hydrogen) atoms. The molecule has 116 valence electrons. The van der Waals surface area contributed by atoms with E-state index in [1.807, 2.05) is 0 Å². The first kappa shape index (κ1) is 17.2. The van der Waals surface area contributed by atoms with Gasteiger partial charge in [-0.15, -0.1) is 0 Å². The van der Waals surface area contributed by atoms with E-state index in [0.29, 0.717) is 12.1 Å². The van der Waals surface area contributed by atoms with Crippen LogP contribution in [0.5, 0.6) is 0 Å². The van der Waals surface area contributed by atoms with Crippen LogP contribution in [0.1, 0.15) is 77.5 Å². The highest BCUT2D eigenvalue weighted by Gasteiger charge is 2.11. The maximum atomic E-state index is 5.67. The number of aromatic nitrogens is 2. The lowest BCUT2D eigenvalue weighted by molar-refractivity contribution is 0.443. The van der Waals surface area contributed by atoms with Crippen LogP contribution in [0.15, 0.2) is 12.3 Å². The third-order valence-corrected chi connectivity index (χ3v) is 4.05. The molecule has 2 unspecified atom stereocenters. The van der Waals surface area contributed by atoms with Crippen molar-refractivity contribution in [3.8, 4) is 0 Å². The second-order valence-corrected chi connectivity index (χ2v) is 5.81. The van der Waals surface area contributed by atoms with Crippen molar-refractivity contribution in [2.24, 2.45) is 5.84 Å². The molecule has 0 aliphatic heterocycles. The van der Waals surface area contributed by atoms with Gasteiger partial charge in [0.15, 0.2) is 0 Å². The lowest BCUT2D eigenvalue weighted by atomic mass is 10.0. The molecule has 1 aromatic rings. The molecule has 0 aliphatic carbocycles. The molecule has 0 amide bonds. The molecule has 0 fully saturated rings. The highest BCUT2D eigenvalue weighted by atomic mass is 15.3. The molecule has 0 aliphatic rings. The van der Waals surface area contributed by atoms with Crippen LogP contribution < -0.4 is 11.3 Å². The first-order chi connectivity index (χ1) is 9.71. The first-order valence-corrected chi connectivity index (χ1v) is 8.21. The Bertz CT molecular complexity index is 348. The van der Waals surface area contributed by atoms with Crippen molar-refractivity contribution in [3.05, 3.63) is 18.0 Å². The Kier molecular flexibility index (Phi) is 8.54. The van der Waals surface area contributed by atoms with E-state index < -0.39 is 0 Å². The van der Waals surface area contributed by atoms with Gasteiger partial charge in [-0.25, -0.2) is 0 Å². The van der Waals surface area contributed by atoms with Crippen LogP contribution in [0.25, 0.3) is 0 Å². The summed E-state index contributed by atoms with van der Waals surface area (Å²) in [7, 11) is 0. The number of hydrazine groups is 1. The summed E-state index contributed by atoms with van der Waals surface area (Å²) in [5.41, 5.74) is 4.09. The van der Waals surface area contributed by atoms with Crippen molar-refractivity contribution in [2.75, 3.05) is 0 Å². The van der Waals surface area contributed by atoms with Crippen LogP contribution in [0, 0.1) is 0 Å². The molecular weight excluding hydrogens is 248 g/mol. The van der Waals surface area contributed by atoms with E-state index in [1.165, 1.54) is 32.1 Å². The van der Waals surface area contributed by atoms with Gasteiger partial charge in [-0.05, 0) is 25.8 Å². The molecule has 1 aromatic heterocycles. The lowest BCUT2D eigenvalue weighted by Crippen LogP contribution is -2.36. The van der Waals surface area contributed by atoms with Gasteiger partial charge in [-0.3, -0.25) is 16.0 Å². The molecule has 0 saturated carbocycles. The fourth-order valence-electron chi connectivity index (χ4n) is 2.41. The summed E-state index contributed by atoms with van der Waals surface area (Å²) in [4.78, 5) is 0. The zero-order chi connectivity index (χ0) is 14.8. The Labute approximate surface area is 124 Å². The van der Waals surface area contributed by atoms with Crippen molar-refractivity contribution in [2.45, 2.75) is 84.2 Å². The molecule has 1 rings (SSSR count). The third-order valence-electron chi connectivity index (χ3n) is 4.05.